The van der Waals surface area contributed by atoms with Crippen LogP contribution in [0.1, 0.15) is 43.5 Å². The fraction of sp³-hybridized carbons (Fsp3) is 0.600. The van der Waals surface area contributed by atoms with Crippen molar-refractivity contribution in [1.82, 2.24) is 20.9 Å². The molecule has 0 saturated carbocycles. The molecule has 1 saturated heterocycles. The quantitative estimate of drug-likeness (QED) is 0.196. The zero-order valence-electron chi connectivity index (χ0n) is 16.8. The van der Waals surface area contributed by atoms with Crippen LogP contribution < -0.4 is 16.0 Å². The average Bonchev–Trinajstić information content (AvgIpc) is 2.67. The Hall–Kier alpha value is -0.870. The van der Waals surface area contributed by atoms with Gasteiger partial charge >= 0.3 is 0 Å². The highest BCUT2D eigenvalue weighted by Gasteiger charge is 2.19. The third-order valence-corrected chi connectivity index (χ3v) is 5.06. The minimum absolute atomic E-state index is 0. The van der Waals surface area contributed by atoms with Crippen molar-refractivity contribution in [2.24, 2.45) is 4.99 Å². The lowest BCUT2D eigenvalue weighted by molar-refractivity contribution is 0.0954. The molecule has 1 amide bonds. The Morgan fingerprint density at radius 2 is 2.00 bits per heavy atom. The molecule has 1 aromatic rings. The summed E-state index contributed by atoms with van der Waals surface area (Å²) in [5, 5.41) is 9.76. The summed E-state index contributed by atoms with van der Waals surface area (Å²) in [6.07, 6.45) is 3.50. The van der Waals surface area contributed by atoms with Crippen LogP contribution in [0.4, 0.5) is 0 Å². The van der Waals surface area contributed by atoms with E-state index in [1.807, 2.05) is 18.2 Å². The number of benzene rings is 1. The Labute approximate surface area is 194 Å². The van der Waals surface area contributed by atoms with Gasteiger partial charge < -0.3 is 20.9 Å². The molecule has 2 rings (SSSR count). The number of carbonyl (C=O) groups excluding carboxylic acids is 1. The Bertz CT molecular complexity index is 620. The summed E-state index contributed by atoms with van der Waals surface area (Å²) in [7, 11) is 0. The highest BCUT2D eigenvalue weighted by molar-refractivity contribution is 14.0. The van der Waals surface area contributed by atoms with Crippen LogP contribution in [0.25, 0.3) is 0 Å². The van der Waals surface area contributed by atoms with Crippen LogP contribution in [0.15, 0.2) is 33.7 Å². The number of rotatable bonds is 8. The molecule has 1 fully saturated rings. The number of amides is 1. The zero-order valence-corrected chi connectivity index (χ0v) is 20.8. The first-order chi connectivity index (χ1) is 13.1. The number of piperidine rings is 1. The van der Waals surface area contributed by atoms with E-state index in [1.54, 1.807) is 6.07 Å². The number of likely N-dealkylation sites (tertiary alicyclic amines) is 1. The van der Waals surface area contributed by atoms with Gasteiger partial charge in [0.2, 0.25) is 0 Å². The van der Waals surface area contributed by atoms with E-state index in [-0.39, 0.29) is 29.9 Å². The monoisotopic (exact) mass is 565 g/mol. The molecular weight excluding hydrogens is 533 g/mol. The van der Waals surface area contributed by atoms with Gasteiger partial charge in [0, 0.05) is 42.3 Å². The molecule has 3 N–H and O–H groups in total. The Kier molecular flexibility index (Phi) is 12.7. The highest BCUT2D eigenvalue weighted by Crippen LogP contribution is 2.11. The standard InChI is InChI=1S/C20H32BrN5O.HI/c1-3-12-26-13-8-18(9-14-26)25-20(22-4-2)24-11-10-23-19(27)16-6-5-7-17(21)15-16;/h5-7,15,18H,3-4,8-14H2,1-2H3,(H,23,27)(H2,22,24,25);1H. The van der Waals surface area contributed by atoms with Crippen LogP contribution in [-0.2, 0) is 0 Å². The topological polar surface area (TPSA) is 68.8 Å². The summed E-state index contributed by atoms with van der Waals surface area (Å²) >= 11 is 3.39. The molecule has 1 aromatic carbocycles. The highest BCUT2D eigenvalue weighted by atomic mass is 127. The molecule has 0 spiro atoms. The number of guanidine groups is 1. The number of hydrogen-bond donors (Lipinski definition) is 3. The maximum absolute atomic E-state index is 12.2. The van der Waals surface area contributed by atoms with Crippen LogP contribution in [-0.4, -0.2) is 62.1 Å². The second-order valence-electron chi connectivity index (χ2n) is 6.79. The van der Waals surface area contributed by atoms with E-state index in [1.165, 1.54) is 13.0 Å². The number of nitrogens with zero attached hydrogens (tertiary/aromatic N) is 2. The van der Waals surface area contributed by atoms with Gasteiger partial charge in [0.05, 0.1) is 6.54 Å². The Balaban J connectivity index is 0.00000392. The molecule has 158 valence electrons. The maximum atomic E-state index is 12.2. The predicted molar refractivity (Wildman–Crippen MR) is 131 cm³/mol. The SMILES string of the molecule is CCCN1CCC(NC(=NCCNC(=O)c2cccc(Br)c2)NCC)CC1.I. The van der Waals surface area contributed by atoms with Gasteiger partial charge in [-0.1, -0.05) is 28.9 Å². The van der Waals surface area contributed by atoms with Gasteiger partial charge in [-0.15, -0.1) is 24.0 Å². The second-order valence-corrected chi connectivity index (χ2v) is 7.70. The van der Waals surface area contributed by atoms with E-state index >= 15 is 0 Å². The van der Waals surface area contributed by atoms with Crippen LogP contribution in [0.5, 0.6) is 0 Å². The van der Waals surface area contributed by atoms with Gasteiger partial charge in [-0.25, -0.2) is 0 Å². The van der Waals surface area contributed by atoms with Gasteiger partial charge in [0.15, 0.2) is 5.96 Å². The molecule has 1 heterocycles. The lowest BCUT2D eigenvalue weighted by Crippen LogP contribution is -2.49. The summed E-state index contributed by atoms with van der Waals surface area (Å²) in [6.45, 7) is 9.66. The summed E-state index contributed by atoms with van der Waals surface area (Å²) in [6, 6.07) is 7.85. The number of carbonyl (C=O) groups is 1. The van der Waals surface area contributed by atoms with Crippen LogP contribution in [0.3, 0.4) is 0 Å². The molecule has 1 aliphatic rings. The van der Waals surface area contributed by atoms with Crippen molar-refractivity contribution in [2.45, 2.75) is 39.2 Å². The van der Waals surface area contributed by atoms with Crippen LogP contribution in [0.2, 0.25) is 0 Å². The van der Waals surface area contributed by atoms with E-state index in [0.29, 0.717) is 24.7 Å². The fourth-order valence-corrected chi connectivity index (χ4v) is 3.60. The first-order valence-electron chi connectivity index (χ1n) is 9.93. The molecule has 0 aliphatic carbocycles. The molecule has 0 bridgehead atoms. The lowest BCUT2D eigenvalue weighted by Gasteiger charge is -2.32. The Morgan fingerprint density at radius 3 is 2.64 bits per heavy atom. The average molecular weight is 566 g/mol. The van der Waals surface area contributed by atoms with Crippen molar-refractivity contribution >= 4 is 51.8 Å². The van der Waals surface area contributed by atoms with Crippen molar-refractivity contribution in [3.05, 3.63) is 34.3 Å². The van der Waals surface area contributed by atoms with Gasteiger partial charge in [-0.05, 0) is 50.9 Å². The van der Waals surface area contributed by atoms with Gasteiger partial charge in [0.25, 0.3) is 5.91 Å². The van der Waals surface area contributed by atoms with Crippen LogP contribution >= 0.6 is 39.9 Å². The summed E-state index contributed by atoms with van der Waals surface area (Å²) < 4.78 is 0.900. The smallest absolute Gasteiger partial charge is 0.251 e. The molecule has 8 heteroatoms. The molecular formula is C20H33BrIN5O. The molecule has 0 radical (unpaired) electrons. The summed E-state index contributed by atoms with van der Waals surface area (Å²) in [5.74, 6) is 0.760. The van der Waals surface area contributed by atoms with E-state index in [9.17, 15) is 4.79 Å². The third-order valence-electron chi connectivity index (χ3n) is 4.57. The number of halogens is 2. The third kappa shape index (κ3) is 9.09. The number of aliphatic imine (C=N–C) groups is 1. The normalized spacial score (nSPS) is 15.6. The van der Waals surface area contributed by atoms with Crippen LogP contribution in [0, 0.1) is 0 Å². The van der Waals surface area contributed by atoms with Crippen molar-refractivity contribution < 1.29 is 4.79 Å². The first-order valence-corrected chi connectivity index (χ1v) is 10.7. The van der Waals surface area contributed by atoms with Crippen molar-refractivity contribution in [3.8, 4) is 0 Å². The molecule has 1 aliphatic heterocycles. The van der Waals surface area contributed by atoms with E-state index in [0.717, 1.165) is 42.9 Å². The molecule has 0 atom stereocenters. The minimum atomic E-state index is -0.0762. The van der Waals surface area contributed by atoms with E-state index < -0.39 is 0 Å². The Morgan fingerprint density at radius 1 is 1.25 bits per heavy atom. The summed E-state index contributed by atoms with van der Waals surface area (Å²) in [5.41, 5.74) is 0.650. The van der Waals surface area contributed by atoms with Gasteiger partial charge in [0.1, 0.15) is 0 Å². The second kappa shape index (κ2) is 14.2. The maximum Gasteiger partial charge on any atom is 0.251 e. The van der Waals surface area contributed by atoms with Crippen molar-refractivity contribution in [3.63, 3.8) is 0 Å². The number of hydrogen-bond acceptors (Lipinski definition) is 3. The van der Waals surface area contributed by atoms with Gasteiger partial charge in [-0.2, -0.15) is 0 Å². The van der Waals surface area contributed by atoms with E-state index in [2.05, 4.69) is 55.6 Å². The molecule has 6 nitrogen and oxygen atoms in total. The molecule has 0 aromatic heterocycles. The van der Waals surface area contributed by atoms with Crippen molar-refractivity contribution in [2.75, 3.05) is 39.3 Å². The first kappa shape index (κ1) is 25.2. The largest absolute Gasteiger partial charge is 0.357 e. The number of nitrogens with one attached hydrogen (secondary N) is 3. The van der Waals surface area contributed by atoms with Gasteiger partial charge in [-0.3, -0.25) is 9.79 Å². The predicted octanol–water partition coefficient (Wildman–Crippen LogP) is 3.23. The lowest BCUT2D eigenvalue weighted by atomic mass is 10.1. The summed E-state index contributed by atoms with van der Waals surface area (Å²) in [4.78, 5) is 19.3. The fourth-order valence-electron chi connectivity index (χ4n) is 3.20. The van der Waals surface area contributed by atoms with E-state index in [4.69, 9.17) is 0 Å². The van der Waals surface area contributed by atoms with Crippen molar-refractivity contribution in [1.29, 1.82) is 0 Å². The minimum Gasteiger partial charge on any atom is -0.357 e. The zero-order chi connectivity index (χ0) is 19.5. The molecule has 0 unspecified atom stereocenters. The molecule has 28 heavy (non-hydrogen) atoms.